The molecule has 6 heteroatoms. The summed E-state index contributed by atoms with van der Waals surface area (Å²) < 4.78 is 1.62. The molecule has 0 radical (unpaired) electrons. The van der Waals surface area contributed by atoms with E-state index in [2.05, 4.69) is 10.4 Å². The Kier molecular flexibility index (Phi) is 3.89. The highest BCUT2D eigenvalue weighted by molar-refractivity contribution is 6.42. The SMILES string of the molecule is Cn1ccc(NC(=O)Cc2ccc(Cl)c(Cl)c2)n1. The average Bonchev–Trinajstić information content (AvgIpc) is 2.69. The Labute approximate surface area is 115 Å². The van der Waals surface area contributed by atoms with Crippen molar-refractivity contribution in [3.05, 3.63) is 46.1 Å². The van der Waals surface area contributed by atoms with E-state index in [0.29, 0.717) is 15.9 Å². The maximum absolute atomic E-state index is 11.8. The Morgan fingerprint density at radius 1 is 1.33 bits per heavy atom. The number of carbonyl (C=O) groups excluding carboxylic acids is 1. The first-order valence-corrected chi connectivity index (χ1v) is 6.03. The van der Waals surface area contributed by atoms with Crippen molar-refractivity contribution in [1.29, 1.82) is 0 Å². The lowest BCUT2D eigenvalue weighted by Crippen LogP contribution is -2.14. The second-order valence-corrected chi connectivity index (χ2v) is 4.66. The van der Waals surface area contributed by atoms with Crippen LogP contribution in [0.15, 0.2) is 30.5 Å². The van der Waals surface area contributed by atoms with E-state index in [4.69, 9.17) is 23.2 Å². The number of nitrogens with one attached hydrogen (secondary N) is 1. The van der Waals surface area contributed by atoms with E-state index in [1.807, 2.05) is 0 Å². The van der Waals surface area contributed by atoms with Gasteiger partial charge in [-0.2, -0.15) is 5.10 Å². The first-order valence-electron chi connectivity index (χ1n) is 5.28. The third kappa shape index (κ3) is 3.24. The Morgan fingerprint density at radius 2 is 2.11 bits per heavy atom. The molecule has 1 aromatic carbocycles. The van der Waals surface area contributed by atoms with Crippen molar-refractivity contribution in [2.45, 2.75) is 6.42 Å². The van der Waals surface area contributed by atoms with Gasteiger partial charge in [0, 0.05) is 19.3 Å². The number of halogens is 2. The van der Waals surface area contributed by atoms with Crippen molar-refractivity contribution >= 4 is 34.9 Å². The summed E-state index contributed by atoms with van der Waals surface area (Å²) in [4.78, 5) is 11.8. The van der Waals surface area contributed by atoms with E-state index < -0.39 is 0 Å². The highest BCUT2D eigenvalue weighted by Crippen LogP contribution is 2.22. The summed E-state index contributed by atoms with van der Waals surface area (Å²) in [6, 6.07) is 6.86. The highest BCUT2D eigenvalue weighted by Gasteiger charge is 2.07. The molecule has 0 unspecified atom stereocenters. The van der Waals surface area contributed by atoms with E-state index in [1.165, 1.54) is 0 Å². The molecule has 1 heterocycles. The summed E-state index contributed by atoms with van der Waals surface area (Å²) in [5.74, 6) is 0.384. The minimum Gasteiger partial charge on any atom is -0.309 e. The van der Waals surface area contributed by atoms with Crippen LogP contribution in [0.3, 0.4) is 0 Å². The second kappa shape index (κ2) is 5.42. The van der Waals surface area contributed by atoms with Gasteiger partial charge in [-0.1, -0.05) is 29.3 Å². The fraction of sp³-hybridized carbons (Fsp3) is 0.167. The summed E-state index contributed by atoms with van der Waals surface area (Å²) >= 11 is 11.7. The minimum absolute atomic E-state index is 0.146. The number of benzene rings is 1. The molecule has 1 amide bonds. The van der Waals surface area contributed by atoms with Gasteiger partial charge in [-0.05, 0) is 17.7 Å². The maximum Gasteiger partial charge on any atom is 0.229 e. The zero-order chi connectivity index (χ0) is 13.1. The van der Waals surface area contributed by atoms with Crippen LogP contribution in [-0.2, 0) is 18.3 Å². The zero-order valence-corrected chi connectivity index (χ0v) is 11.2. The third-order valence-electron chi connectivity index (χ3n) is 2.33. The molecule has 1 aromatic heterocycles. The van der Waals surface area contributed by atoms with E-state index in [9.17, 15) is 4.79 Å². The smallest absolute Gasteiger partial charge is 0.229 e. The van der Waals surface area contributed by atoms with Crippen LogP contribution in [0.2, 0.25) is 10.0 Å². The van der Waals surface area contributed by atoms with Gasteiger partial charge < -0.3 is 5.32 Å². The average molecular weight is 284 g/mol. The van der Waals surface area contributed by atoms with Crippen LogP contribution < -0.4 is 5.32 Å². The van der Waals surface area contributed by atoms with Gasteiger partial charge >= 0.3 is 0 Å². The molecule has 2 rings (SSSR count). The van der Waals surface area contributed by atoms with E-state index in [-0.39, 0.29) is 12.3 Å². The Hall–Kier alpha value is -1.52. The third-order valence-corrected chi connectivity index (χ3v) is 3.07. The topological polar surface area (TPSA) is 46.9 Å². The predicted octanol–water partition coefficient (Wildman–Crippen LogP) is 2.91. The summed E-state index contributed by atoms with van der Waals surface area (Å²) in [7, 11) is 1.79. The van der Waals surface area contributed by atoms with Crippen molar-refractivity contribution in [1.82, 2.24) is 9.78 Å². The van der Waals surface area contributed by atoms with Crippen LogP contribution in [-0.4, -0.2) is 15.7 Å². The van der Waals surface area contributed by atoms with Crippen molar-refractivity contribution in [2.24, 2.45) is 7.05 Å². The molecule has 0 aliphatic heterocycles. The number of hydrogen-bond acceptors (Lipinski definition) is 2. The highest BCUT2D eigenvalue weighted by atomic mass is 35.5. The van der Waals surface area contributed by atoms with Gasteiger partial charge in [0.25, 0.3) is 0 Å². The molecule has 2 aromatic rings. The standard InChI is InChI=1S/C12H11Cl2N3O/c1-17-5-4-11(16-17)15-12(18)7-8-2-3-9(13)10(14)6-8/h2-6H,7H2,1H3,(H,15,16,18). The lowest BCUT2D eigenvalue weighted by Gasteiger charge is -2.03. The van der Waals surface area contributed by atoms with Crippen molar-refractivity contribution < 1.29 is 4.79 Å². The molecule has 4 nitrogen and oxygen atoms in total. The quantitative estimate of drug-likeness (QED) is 0.942. The number of rotatable bonds is 3. The summed E-state index contributed by atoms with van der Waals surface area (Å²) in [6.45, 7) is 0. The molecule has 0 saturated carbocycles. The molecule has 0 saturated heterocycles. The number of aromatic nitrogens is 2. The Balaban J connectivity index is 2.00. The van der Waals surface area contributed by atoms with Gasteiger partial charge in [-0.25, -0.2) is 0 Å². The molecule has 1 N–H and O–H groups in total. The van der Waals surface area contributed by atoms with Gasteiger partial charge in [-0.3, -0.25) is 9.48 Å². The molecule has 18 heavy (non-hydrogen) atoms. The normalized spacial score (nSPS) is 10.4. The second-order valence-electron chi connectivity index (χ2n) is 3.85. The van der Waals surface area contributed by atoms with Crippen LogP contribution in [0.4, 0.5) is 5.82 Å². The van der Waals surface area contributed by atoms with Crippen LogP contribution in [0, 0.1) is 0 Å². The first kappa shape index (κ1) is 12.9. The molecule has 94 valence electrons. The number of aryl methyl sites for hydroxylation is 1. The molecule has 0 atom stereocenters. The van der Waals surface area contributed by atoms with Crippen LogP contribution >= 0.6 is 23.2 Å². The number of anilines is 1. The van der Waals surface area contributed by atoms with Crippen LogP contribution in [0.1, 0.15) is 5.56 Å². The van der Waals surface area contributed by atoms with Gasteiger partial charge in [-0.15, -0.1) is 0 Å². The largest absolute Gasteiger partial charge is 0.309 e. The molecular weight excluding hydrogens is 273 g/mol. The minimum atomic E-state index is -0.146. The number of amides is 1. The number of carbonyl (C=O) groups is 1. The summed E-state index contributed by atoms with van der Waals surface area (Å²) in [6.07, 6.45) is 1.99. The van der Waals surface area contributed by atoms with Crippen LogP contribution in [0.5, 0.6) is 0 Å². The van der Waals surface area contributed by atoms with Crippen molar-refractivity contribution in [3.8, 4) is 0 Å². The van der Waals surface area contributed by atoms with E-state index in [1.54, 1.807) is 42.2 Å². The lowest BCUT2D eigenvalue weighted by atomic mass is 10.1. The zero-order valence-electron chi connectivity index (χ0n) is 9.65. The van der Waals surface area contributed by atoms with Gasteiger partial charge in [0.2, 0.25) is 5.91 Å². The number of nitrogens with zero attached hydrogens (tertiary/aromatic N) is 2. The van der Waals surface area contributed by atoms with Gasteiger partial charge in [0.15, 0.2) is 5.82 Å². The molecule has 0 aliphatic rings. The molecule has 0 aliphatic carbocycles. The van der Waals surface area contributed by atoms with Crippen molar-refractivity contribution in [2.75, 3.05) is 5.32 Å². The number of hydrogen-bond donors (Lipinski definition) is 1. The predicted molar refractivity (Wildman–Crippen MR) is 72.0 cm³/mol. The Morgan fingerprint density at radius 3 is 2.72 bits per heavy atom. The molecule has 0 fully saturated rings. The van der Waals surface area contributed by atoms with Crippen molar-refractivity contribution in [3.63, 3.8) is 0 Å². The molecule has 0 spiro atoms. The van der Waals surface area contributed by atoms with E-state index >= 15 is 0 Å². The summed E-state index contributed by atoms with van der Waals surface area (Å²) in [5, 5.41) is 7.68. The van der Waals surface area contributed by atoms with Crippen LogP contribution in [0.25, 0.3) is 0 Å². The summed E-state index contributed by atoms with van der Waals surface area (Å²) in [5.41, 5.74) is 0.804. The molecule has 0 bridgehead atoms. The first-order chi connectivity index (χ1) is 8.54. The lowest BCUT2D eigenvalue weighted by molar-refractivity contribution is -0.115. The fourth-order valence-corrected chi connectivity index (χ4v) is 1.82. The van der Waals surface area contributed by atoms with E-state index in [0.717, 1.165) is 5.56 Å². The monoisotopic (exact) mass is 283 g/mol. The Bertz CT molecular complexity index is 580. The van der Waals surface area contributed by atoms with Gasteiger partial charge in [0.05, 0.1) is 16.5 Å². The molecular formula is C12H11Cl2N3O. The maximum atomic E-state index is 11.8. The fourth-order valence-electron chi connectivity index (χ4n) is 1.50. The van der Waals surface area contributed by atoms with Gasteiger partial charge in [0.1, 0.15) is 0 Å².